The van der Waals surface area contributed by atoms with E-state index in [4.69, 9.17) is 4.74 Å². The molecular weight excluding hydrogens is 364 g/mol. The Morgan fingerprint density at radius 2 is 2.00 bits per heavy atom. The van der Waals surface area contributed by atoms with E-state index in [0.717, 1.165) is 11.1 Å². The van der Waals surface area contributed by atoms with Gasteiger partial charge in [0.1, 0.15) is 0 Å². The molecule has 0 radical (unpaired) electrons. The van der Waals surface area contributed by atoms with Crippen LogP contribution in [0.25, 0.3) is 11.4 Å². The number of carbonyl (C=O) groups excluding carboxylic acids is 2. The number of carbonyl (C=O) groups is 2. The van der Waals surface area contributed by atoms with Crippen molar-refractivity contribution in [1.29, 1.82) is 0 Å². The van der Waals surface area contributed by atoms with E-state index in [1.165, 1.54) is 18.9 Å². The van der Waals surface area contributed by atoms with Crippen molar-refractivity contribution in [3.8, 4) is 11.4 Å². The molecule has 0 spiro atoms. The summed E-state index contributed by atoms with van der Waals surface area (Å²) >= 11 is 1.21. The summed E-state index contributed by atoms with van der Waals surface area (Å²) in [7, 11) is 1.30. The highest BCUT2D eigenvalue weighted by Crippen LogP contribution is 2.21. The highest BCUT2D eigenvalue weighted by molar-refractivity contribution is 7.99. The van der Waals surface area contributed by atoms with Crippen molar-refractivity contribution in [3.63, 3.8) is 0 Å². The fourth-order valence-electron chi connectivity index (χ4n) is 2.43. The van der Waals surface area contributed by atoms with Gasteiger partial charge in [0.2, 0.25) is 11.1 Å². The monoisotopic (exact) mass is 382 g/mol. The van der Waals surface area contributed by atoms with Crippen LogP contribution in [0, 0.1) is 6.92 Å². The molecule has 1 aromatic heterocycles. The Balaban J connectivity index is 1.61. The standard InChI is InChI=1S/C19H18N4O3S/c1-12-6-5-7-13(10-12)17-21-19(23-22-17)27-11-16(24)20-15-9-4-3-8-14(15)18(25)26-2/h3-10H,11H2,1-2H3,(H,20,24)(H,21,22,23). The zero-order valence-corrected chi connectivity index (χ0v) is 15.7. The molecule has 1 amide bonds. The molecule has 2 N–H and O–H groups in total. The van der Waals surface area contributed by atoms with Crippen LogP contribution in [0.1, 0.15) is 15.9 Å². The number of aryl methyl sites for hydroxylation is 1. The van der Waals surface area contributed by atoms with Crippen LogP contribution in [-0.2, 0) is 9.53 Å². The van der Waals surface area contributed by atoms with Crippen LogP contribution in [0.4, 0.5) is 5.69 Å². The molecule has 7 nitrogen and oxygen atoms in total. The van der Waals surface area contributed by atoms with Crippen LogP contribution in [0.15, 0.2) is 53.7 Å². The highest BCUT2D eigenvalue weighted by Gasteiger charge is 2.14. The highest BCUT2D eigenvalue weighted by atomic mass is 32.2. The molecule has 0 unspecified atom stereocenters. The van der Waals surface area contributed by atoms with Crippen molar-refractivity contribution in [2.75, 3.05) is 18.2 Å². The Labute approximate surface area is 160 Å². The molecule has 2 aromatic carbocycles. The molecule has 0 saturated carbocycles. The van der Waals surface area contributed by atoms with Gasteiger partial charge in [-0.2, -0.15) is 0 Å². The van der Waals surface area contributed by atoms with Gasteiger partial charge in [0, 0.05) is 5.56 Å². The normalized spacial score (nSPS) is 10.4. The molecular formula is C19H18N4O3S. The minimum Gasteiger partial charge on any atom is -0.465 e. The number of esters is 1. The van der Waals surface area contributed by atoms with Crippen LogP contribution >= 0.6 is 11.8 Å². The van der Waals surface area contributed by atoms with Crippen molar-refractivity contribution < 1.29 is 14.3 Å². The second-order valence-electron chi connectivity index (χ2n) is 5.71. The number of nitrogens with one attached hydrogen (secondary N) is 2. The summed E-state index contributed by atoms with van der Waals surface area (Å²) in [6, 6.07) is 14.6. The average molecular weight is 382 g/mol. The first kappa shape index (κ1) is 18.7. The van der Waals surface area contributed by atoms with Gasteiger partial charge in [-0.05, 0) is 25.1 Å². The molecule has 0 aliphatic carbocycles. The van der Waals surface area contributed by atoms with Gasteiger partial charge in [0.25, 0.3) is 0 Å². The number of amides is 1. The lowest BCUT2D eigenvalue weighted by Crippen LogP contribution is -2.17. The quantitative estimate of drug-likeness (QED) is 0.501. The average Bonchev–Trinajstić information content (AvgIpc) is 3.15. The fourth-order valence-corrected chi connectivity index (χ4v) is 3.03. The van der Waals surface area contributed by atoms with E-state index in [1.807, 2.05) is 31.2 Å². The maximum absolute atomic E-state index is 12.2. The minimum atomic E-state index is -0.504. The van der Waals surface area contributed by atoms with Crippen molar-refractivity contribution in [2.24, 2.45) is 0 Å². The van der Waals surface area contributed by atoms with Gasteiger partial charge in [-0.1, -0.05) is 47.7 Å². The Morgan fingerprint density at radius 1 is 1.19 bits per heavy atom. The van der Waals surface area contributed by atoms with Gasteiger partial charge in [-0.25, -0.2) is 9.78 Å². The number of thioether (sulfide) groups is 1. The van der Waals surface area contributed by atoms with E-state index in [1.54, 1.807) is 24.3 Å². The lowest BCUT2D eigenvalue weighted by Gasteiger charge is -2.08. The second kappa shape index (κ2) is 8.50. The first-order chi connectivity index (χ1) is 13.1. The van der Waals surface area contributed by atoms with Gasteiger partial charge >= 0.3 is 5.97 Å². The molecule has 27 heavy (non-hydrogen) atoms. The van der Waals surface area contributed by atoms with E-state index in [9.17, 15) is 9.59 Å². The van der Waals surface area contributed by atoms with Gasteiger partial charge < -0.3 is 10.1 Å². The molecule has 138 valence electrons. The molecule has 0 bridgehead atoms. The lowest BCUT2D eigenvalue weighted by molar-refractivity contribution is -0.113. The number of para-hydroxylation sites is 1. The summed E-state index contributed by atoms with van der Waals surface area (Å²) in [4.78, 5) is 28.4. The number of methoxy groups -OCH3 is 1. The first-order valence-corrected chi connectivity index (χ1v) is 9.15. The van der Waals surface area contributed by atoms with Crippen LogP contribution in [-0.4, -0.2) is 39.9 Å². The number of benzene rings is 2. The molecule has 1 heterocycles. The molecule has 0 saturated heterocycles. The minimum absolute atomic E-state index is 0.112. The number of hydrogen-bond donors (Lipinski definition) is 2. The van der Waals surface area contributed by atoms with Gasteiger partial charge in [0.05, 0.1) is 24.1 Å². The predicted molar refractivity (Wildman–Crippen MR) is 104 cm³/mol. The van der Waals surface area contributed by atoms with Crippen LogP contribution in [0.5, 0.6) is 0 Å². The van der Waals surface area contributed by atoms with Crippen LogP contribution in [0.3, 0.4) is 0 Å². The number of aromatic amines is 1. The number of rotatable bonds is 6. The van der Waals surface area contributed by atoms with E-state index in [0.29, 0.717) is 22.2 Å². The third-order valence-electron chi connectivity index (χ3n) is 3.70. The Bertz CT molecular complexity index is 971. The van der Waals surface area contributed by atoms with Gasteiger partial charge in [-0.15, -0.1) is 5.10 Å². The zero-order valence-electron chi connectivity index (χ0n) is 14.9. The summed E-state index contributed by atoms with van der Waals surface area (Å²) in [5.74, 6) is -0.00752. The third-order valence-corrected chi connectivity index (χ3v) is 4.54. The number of anilines is 1. The molecule has 0 fully saturated rings. The molecule has 0 atom stereocenters. The van der Waals surface area contributed by atoms with Crippen LogP contribution in [0.2, 0.25) is 0 Å². The Kier molecular flexibility index (Phi) is 5.87. The molecule has 3 aromatic rings. The van der Waals surface area contributed by atoms with Crippen molar-refractivity contribution in [3.05, 3.63) is 59.7 Å². The second-order valence-corrected chi connectivity index (χ2v) is 6.65. The summed E-state index contributed by atoms with van der Waals surface area (Å²) in [5, 5.41) is 10.2. The molecule has 0 aliphatic heterocycles. The topological polar surface area (TPSA) is 97.0 Å². The fraction of sp³-hybridized carbons (Fsp3) is 0.158. The number of ether oxygens (including phenoxy) is 1. The van der Waals surface area contributed by atoms with Crippen molar-refractivity contribution in [1.82, 2.24) is 15.2 Å². The van der Waals surface area contributed by atoms with E-state index >= 15 is 0 Å². The molecule has 3 rings (SSSR count). The first-order valence-electron chi connectivity index (χ1n) is 8.16. The Morgan fingerprint density at radius 3 is 2.78 bits per heavy atom. The number of aromatic nitrogens is 3. The Hall–Kier alpha value is -3.13. The van der Waals surface area contributed by atoms with Crippen LogP contribution < -0.4 is 5.32 Å². The van der Waals surface area contributed by atoms with E-state index < -0.39 is 5.97 Å². The molecule has 0 aliphatic rings. The van der Waals surface area contributed by atoms with Gasteiger partial charge in [0.15, 0.2) is 5.82 Å². The van der Waals surface area contributed by atoms with Crippen molar-refractivity contribution >= 4 is 29.3 Å². The zero-order chi connectivity index (χ0) is 19.2. The van der Waals surface area contributed by atoms with Crippen molar-refractivity contribution in [2.45, 2.75) is 12.1 Å². The SMILES string of the molecule is COC(=O)c1ccccc1NC(=O)CSc1n[nH]c(-c2cccc(C)c2)n1. The number of hydrogen-bond acceptors (Lipinski definition) is 6. The summed E-state index contributed by atoms with van der Waals surface area (Å²) in [6.45, 7) is 2.01. The molecule has 8 heteroatoms. The van der Waals surface area contributed by atoms with E-state index in [-0.39, 0.29) is 11.7 Å². The van der Waals surface area contributed by atoms with E-state index in [2.05, 4.69) is 20.5 Å². The maximum Gasteiger partial charge on any atom is 0.339 e. The third kappa shape index (κ3) is 4.73. The summed E-state index contributed by atoms with van der Waals surface area (Å²) in [6.07, 6.45) is 0. The van der Waals surface area contributed by atoms with Gasteiger partial charge in [-0.3, -0.25) is 9.89 Å². The predicted octanol–water partition coefficient (Wildman–Crippen LogP) is 3.30. The summed E-state index contributed by atoms with van der Waals surface area (Å²) in [5.41, 5.74) is 2.77. The number of H-pyrrole nitrogens is 1. The lowest BCUT2D eigenvalue weighted by atomic mass is 10.1. The largest absolute Gasteiger partial charge is 0.465 e. The number of nitrogens with zero attached hydrogens (tertiary/aromatic N) is 2. The smallest absolute Gasteiger partial charge is 0.339 e. The summed E-state index contributed by atoms with van der Waals surface area (Å²) < 4.78 is 4.72. The maximum atomic E-state index is 12.2.